The number of unbranched alkanes of at least 4 members (excludes halogenated alkanes) is 20. The van der Waals surface area contributed by atoms with Crippen LogP contribution in [0.2, 0.25) is 0 Å². The van der Waals surface area contributed by atoms with E-state index in [1.165, 1.54) is 141 Å². The third-order valence-electron chi connectivity index (χ3n) is 7.54. The van der Waals surface area contributed by atoms with Crippen molar-refractivity contribution in [3.05, 3.63) is 18.2 Å². The molecule has 2 N–H and O–H groups in total. The summed E-state index contributed by atoms with van der Waals surface area (Å²) in [5.41, 5.74) is 1.58. The quantitative estimate of drug-likeness (QED) is 0.0925. The number of benzene rings is 1. The molecule has 1 atom stereocenters. The van der Waals surface area contributed by atoms with Gasteiger partial charge in [-0.05, 0) is 31.0 Å². The van der Waals surface area contributed by atoms with Crippen LogP contribution in [0.4, 0.5) is 11.4 Å². The molecule has 1 aromatic carbocycles. The van der Waals surface area contributed by atoms with Crippen LogP contribution in [0.5, 0.6) is 0 Å². The van der Waals surface area contributed by atoms with Gasteiger partial charge in [0.05, 0.1) is 22.4 Å². The molecule has 1 aliphatic heterocycles. The molecule has 208 valence electrons. The van der Waals surface area contributed by atoms with Crippen molar-refractivity contribution in [2.75, 3.05) is 10.6 Å². The number of anilines is 2. The first kappa shape index (κ1) is 35.4. The SMILES string of the molecule is CCCCCCCCCCCCCCCCCCCCCCCC1Nc2ccc(S(=O)(=O)[O-])cc2N1.[K+]. The molecule has 7 heteroatoms. The Morgan fingerprint density at radius 2 is 1.00 bits per heavy atom. The van der Waals surface area contributed by atoms with Gasteiger partial charge in [0.15, 0.2) is 0 Å². The molecular formula is C30H53KN2O3S. The van der Waals surface area contributed by atoms with Gasteiger partial charge in [0.25, 0.3) is 0 Å². The van der Waals surface area contributed by atoms with E-state index >= 15 is 0 Å². The van der Waals surface area contributed by atoms with Crippen LogP contribution >= 0.6 is 0 Å². The normalized spacial score (nSPS) is 14.6. The maximum atomic E-state index is 11.2. The molecule has 0 saturated carbocycles. The average Bonchev–Trinajstić information content (AvgIpc) is 3.26. The summed E-state index contributed by atoms with van der Waals surface area (Å²) in [5, 5.41) is 6.66. The summed E-state index contributed by atoms with van der Waals surface area (Å²) in [6.45, 7) is 2.29. The molecule has 2 rings (SSSR count). The van der Waals surface area contributed by atoms with E-state index in [0.717, 1.165) is 18.5 Å². The van der Waals surface area contributed by atoms with Gasteiger partial charge in [-0.1, -0.05) is 135 Å². The summed E-state index contributed by atoms with van der Waals surface area (Å²) in [7, 11) is -4.41. The van der Waals surface area contributed by atoms with Crippen molar-refractivity contribution in [2.24, 2.45) is 0 Å². The van der Waals surface area contributed by atoms with Crippen molar-refractivity contribution in [1.82, 2.24) is 0 Å². The maximum absolute atomic E-state index is 11.2. The molecule has 0 fully saturated rings. The summed E-state index contributed by atoms with van der Waals surface area (Å²) < 4.78 is 33.6. The van der Waals surface area contributed by atoms with E-state index in [4.69, 9.17) is 0 Å². The van der Waals surface area contributed by atoms with Gasteiger partial charge in [0, 0.05) is 0 Å². The third kappa shape index (κ3) is 16.9. The first-order chi connectivity index (χ1) is 17.5. The van der Waals surface area contributed by atoms with Crippen molar-refractivity contribution < 1.29 is 64.4 Å². The van der Waals surface area contributed by atoms with Gasteiger partial charge < -0.3 is 15.2 Å². The van der Waals surface area contributed by atoms with Crippen LogP contribution in [-0.4, -0.2) is 19.1 Å². The molecule has 0 bridgehead atoms. The van der Waals surface area contributed by atoms with Gasteiger partial charge in [0.2, 0.25) is 0 Å². The Morgan fingerprint density at radius 1 is 0.622 bits per heavy atom. The second kappa shape index (κ2) is 22.1. The Balaban J connectivity index is 0.00000684. The molecular weight excluding hydrogens is 508 g/mol. The van der Waals surface area contributed by atoms with Crippen molar-refractivity contribution in [2.45, 2.75) is 159 Å². The van der Waals surface area contributed by atoms with Gasteiger partial charge in [-0.15, -0.1) is 0 Å². The standard InChI is InChI=1S/C30H54N2O3S.K/c1-2-3-4-5-6-7-8-9-10-11-12-13-14-15-16-17-18-19-20-21-22-23-30-31-28-25-24-27(36(33,34)35)26-29(28)32-30;/h24-26,30-32H,2-23H2,1H3,(H,33,34,35);/q;+1/p-1. The minimum Gasteiger partial charge on any atom is -0.744 e. The van der Waals surface area contributed by atoms with E-state index in [1.54, 1.807) is 6.07 Å². The van der Waals surface area contributed by atoms with Crippen molar-refractivity contribution in [3.8, 4) is 0 Å². The monoisotopic (exact) mass is 560 g/mol. The molecule has 0 saturated heterocycles. The number of fused-ring (bicyclic) bond motifs is 1. The minimum absolute atomic E-state index is 0. The van der Waals surface area contributed by atoms with Gasteiger partial charge in [-0.2, -0.15) is 0 Å². The van der Waals surface area contributed by atoms with Gasteiger partial charge in [-0.25, -0.2) is 8.42 Å². The van der Waals surface area contributed by atoms with E-state index in [9.17, 15) is 13.0 Å². The summed E-state index contributed by atoms with van der Waals surface area (Å²) in [4.78, 5) is -0.176. The molecule has 1 heterocycles. The van der Waals surface area contributed by atoms with E-state index in [-0.39, 0.29) is 62.4 Å². The fourth-order valence-corrected chi connectivity index (χ4v) is 5.76. The Hall–Kier alpha value is 0.366. The summed E-state index contributed by atoms with van der Waals surface area (Å²) in [5.74, 6) is 0. The van der Waals surface area contributed by atoms with E-state index < -0.39 is 10.1 Å². The molecule has 1 aliphatic rings. The topological polar surface area (TPSA) is 81.3 Å². The van der Waals surface area contributed by atoms with E-state index in [0.29, 0.717) is 5.69 Å². The molecule has 37 heavy (non-hydrogen) atoms. The van der Waals surface area contributed by atoms with Gasteiger partial charge in [0.1, 0.15) is 10.1 Å². The molecule has 1 unspecified atom stereocenters. The molecule has 0 spiro atoms. The van der Waals surface area contributed by atoms with Gasteiger partial charge >= 0.3 is 51.4 Å². The number of hydrogen-bond donors (Lipinski definition) is 2. The summed E-state index contributed by atoms with van der Waals surface area (Å²) >= 11 is 0. The maximum Gasteiger partial charge on any atom is 1.00 e. The number of rotatable bonds is 23. The average molecular weight is 561 g/mol. The third-order valence-corrected chi connectivity index (χ3v) is 8.37. The molecule has 0 amide bonds. The Bertz CT molecular complexity index is 804. The minimum atomic E-state index is -4.41. The predicted octanol–water partition coefficient (Wildman–Crippen LogP) is 6.36. The van der Waals surface area contributed by atoms with Crippen LogP contribution in [0.15, 0.2) is 23.1 Å². The van der Waals surface area contributed by atoms with Crippen LogP contribution in [0.1, 0.15) is 148 Å². The zero-order chi connectivity index (χ0) is 25.9. The Labute approximate surface area is 271 Å². The van der Waals surface area contributed by atoms with E-state index in [2.05, 4.69) is 17.6 Å². The summed E-state index contributed by atoms with van der Waals surface area (Å²) in [6.07, 6.45) is 30.3. The Morgan fingerprint density at radius 3 is 1.41 bits per heavy atom. The fraction of sp³-hybridized carbons (Fsp3) is 0.800. The zero-order valence-corrected chi connectivity index (χ0v) is 27.9. The first-order valence-corrected chi connectivity index (χ1v) is 16.5. The fourth-order valence-electron chi connectivity index (χ4n) is 5.26. The van der Waals surface area contributed by atoms with Crippen LogP contribution in [-0.2, 0) is 10.1 Å². The molecule has 0 radical (unpaired) electrons. The van der Waals surface area contributed by atoms with Gasteiger partial charge in [-0.3, -0.25) is 0 Å². The van der Waals surface area contributed by atoms with E-state index in [1.807, 2.05) is 0 Å². The van der Waals surface area contributed by atoms with Crippen molar-refractivity contribution in [3.63, 3.8) is 0 Å². The smallest absolute Gasteiger partial charge is 0.744 e. The zero-order valence-electron chi connectivity index (χ0n) is 24.0. The first-order valence-electron chi connectivity index (χ1n) is 15.1. The second-order valence-electron chi connectivity index (χ2n) is 10.9. The molecule has 1 aromatic rings. The summed E-state index contributed by atoms with van der Waals surface area (Å²) in [6, 6.07) is 4.48. The van der Waals surface area contributed by atoms with Crippen molar-refractivity contribution >= 4 is 21.5 Å². The largest absolute Gasteiger partial charge is 1.00 e. The van der Waals surface area contributed by atoms with Crippen molar-refractivity contribution in [1.29, 1.82) is 0 Å². The molecule has 0 aromatic heterocycles. The van der Waals surface area contributed by atoms with Crippen LogP contribution in [0, 0.1) is 0 Å². The molecule has 5 nitrogen and oxygen atoms in total. The predicted molar refractivity (Wildman–Crippen MR) is 153 cm³/mol. The van der Waals surface area contributed by atoms with Crippen LogP contribution < -0.4 is 62.0 Å². The van der Waals surface area contributed by atoms with Crippen LogP contribution in [0.25, 0.3) is 0 Å². The molecule has 0 aliphatic carbocycles. The number of nitrogens with one attached hydrogen (secondary N) is 2. The second-order valence-corrected chi connectivity index (χ2v) is 12.2. The van der Waals surface area contributed by atoms with Crippen LogP contribution in [0.3, 0.4) is 0 Å². The Kier molecular flexibility index (Phi) is 21.1. The number of hydrogen-bond acceptors (Lipinski definition) is 5.